The summed E-state index contributed by atoms with van der Waals surface area (Å²) in [4.78, 5) is 102. The molecule has 13 aromatic rings. The number of nitrogens with zero attached hydrogens (tertiary/aromatic N) is 12. The molecule has 0 aliphatic carbocycles. The van der Waals surface area contributed by atoms with Gasteiger partial charge in [0.05, 0.1) is 78.2 Å². The predicted molar refractivity (Wildman–Crippen MR) is 504 cm³/mol. The molecule has 11 heterocycles. The second-order valence-electron chi connectivity index (χ2n) is 30.2. The van der Waals surface area contributed by atoms with Gasteiger partial charge >= 0.3 is 36.5 Å². The summed E-state index contributed by atoms with van der Waals surface area (Å²) in [5.41, 5.74) is 26.7. The number of nitrogens with one attached hydrogen (secondary N) is 4. The normalized spacial score (nSPS) is 14.6. The van der Waals surface area contributed by atoms with E-state index in [1.165, 1.54) is 42.2 Å². The predicted octanol–water partition coefficient (Wildman–Crippen LogP) is 11.2. The number of halogens is 1. The second kappa shape index (κ2) is 49.6. The third kappa shape index (κ3) is 30.5. The number of ether oxygens (including phenoxy) is 12. The average molecular weight is 2050 g/mol. The van der Waals surface area contributed by atoms with E-state index in [1.807, 2.05) is 97.9 Å². The summed E-state index contributed by atoms with van der Waals surface area (Å²) in [6.45, 7) is 15.3. The molecule has 4 unspecified atom stereocenters. The van der Waals surface area contributed by atoms with Crippen molar-refractivity contribution in [2.45, 2.75) is 73.4 Å². The molecule has 0 radical (unpaired) electrons. The first-order valence-electron chi connectivity index (χ1n) is 42.5. The maximum atomic E-state index is 13.9. The van der Waals surface area contributed by atoms with Crippen LogP contribution in [0.5, 0.6) is 5.75 Å². The molecule has 752 valence electrons. The van der Waals surface area contributed by atoms with E-state index in [4.69, 9.17) is 116 Å². The number of carbonyl (C=O) groups excluding carboxylic acids is 1. The number of aliphatic hydroxyl groups excluding tert-OH is 1. The summed E-state index contributed by atoms with van der Waals surface area (Å²) < 4.78 is 181. The number of aliphatic hydroxyl groups is 1. The topological polar surface area (TPSA) is 649 Å². The molecule has 0 amide bonds. The Kier molecular flexibility index (Phi) is 36.6. The number of benzene rings is 5. The van der Waals surface area contributed by atoms with Crippen molar-refractivity contribution in [2.24, 2.45) is 0 Å². The Labute approximate surface area is 804 Å². The Balaban J connectivity index is 0.000000159. The van der Waals surface area contributed by atoms with Gasteiger partial charge in [-0.05, 0) is 86.5 Å². The molecule has 3 aliphatic rings. The van der Waals surface area contributed by atoms with Crippen molar-refractivity contribution in [3.05, 3.63) is 312 Å². The lowest BCUT2D eigenvalue weighted by Gasteiger charge is -2.19. The van der Waals surface area contributed by atoms with Crippen molar-refractivity contribution in [1.82, 2.24) is 78.1 Å². The number of H-pyrrole nitrogens is 4. The van der Waals surface area contributed by atoms with Crippen LogP contribution in [0.3, 0.4) is 0 Å². The van der Waals surface area contributed by atoms with E-state index in [1.54, 1.807) is 63.9 Å². The number of nitrogen functional groups attached to an aromatic ring is 4. The lowest BCUT2D eigenvalue weighted by molar-refractivity contribution is 0.0153. The van der Waals surface area contributed by atoms with E-state index in [9.17, 15) is 51.7 Å². The fourth-order valence-electron chi connectivity index (χ4n) is 12.5. The lowest BCUT2D eigenvalue weighted by atomic mass is 10.1. The molecule has 50 nitrogen and oxygen atoms in total. The number of aromatic amines is 4. The zero-order valence-corrected chi connectivity index (χ0v) is 79.8. The molecular formula is C87H97FN20O30P4. The van der Waals surface area contributed by atoms with Gasteiger partial charge < -0.3 is 121 Å². The molecule has 16 rings (SSSR count). The zero-order chi connectivity index (χ0) is 101. The first-order valence-corrected chi connectivity index (χ1v) is 49.4. The average Bonchev–Trinajstić information content (AvgIpc) is 1.67. The van der Waals surface area contributed by atoms with E-state index in [-0.39, 0.29) is 205 Å². The number of aryl methyl sites for hydroxylation is 2. The van der Waals surface area contributed by atoms with Crippen LogP contribution in [-0.2, 0) is 159 Å². The van der Waals surface area contributed by atoms with Crippen molar-refractivity contribution in [1.29, 1.82) is 0 Å². The lowest BCUT2D eigenvalue weighted by Crippen LogP contribution is -2.15. The fraction of sp³-hybridized carbons (Fsp3) is 0.276. The molecule has 3 aliphatic heterocycles. The number of allylic oxidation sites excluding steroid dienone is 1. The van der Waals surface area contributed by atoms with E-state index in [0.717, 1.165) is 22.3 Å². The molecule has 8 aromatic heterocycles. The Bertz CT molecular complexity index is 7200. The minimum absolute atomic E-state index is 0.00790. The van der Waals surface area contributed by atoms with Gasteiger partial charge in [-0.2, -0.15) is 19.9 Å². The molecule has 0 saturated carbocycles. The standard InChI is InChI=1S/C25H27FN5O8P.C21H24N5O8P.C21H24N5O7P.C20H22N5O7P/c1-16-3-7-19(8-4-16)39-25(33)36-14-38-40(34,37-12-18-6-5-17(2)20(26)11-18)15-35-10-9-31-13-28-21-22(31)29-24(27)30-23(21)32;1-14-33-16(9-27)17(34-14)11-32-35(29,31-10-15-5-3-2-4-6-15)13-30-8-7-26-12-23-18-19(26)24-21(22)25-20(18)28;1-14-17(33-15(2)32-14)11-31-34(28,30-10-16-6-4-3-5-7-16)13-29-9-8-26-12-23-18-19(26)24-21(22)25-20(18)27;1-14-29-10-16(32-14)11-31-33(27,30-9-15-5-3-2-4-6-15)13-28-8-7-25-12-22-17-18(25)23-20(21)24-19(17)26/h3-8,11,13H,9-10,12,14-15H2,1-2H3,(H3,27,29,30,32);2-6,12,27H,1,7-11,13H2,(H3,22,24,25,28);3-7,12H,2,8-11,13H2,1H3,(H3,22,24,25,27);2-6,10,12H,1,7-9,11,13H2,(H3,21,23,24,26). The summed E-state index contributed by atoms with van der Waals surface area (Å²) in [6.07, 6.45) is 4.46. The Morgan fingerprint density at radius 1 is 0.423 bits per heavy atom. The third-order valence-electron chi connectivity index (χ3n) is 19.6. The number of rotatable bonds is 46. The fourth-order valence-corrected chi connectivity index (χ4v) is 17.3. The number of fused-ring (bicyclic) bond motifs is 4. The molecule has 13 N–H and O–H groups in total. The Morgan fingerprint density at radius 3 is 1.14 bits per heavy atom. The Morgan fingerprint density at radius 2 is 0.775 bits per heavy atom. The van der Waals surface area contributed by atoms with E-state index >= 15 is 0 Å². The van der Waals surface area contributed by atoms with E-state index < -0.39 is 84.3 Å². The number of hydrogen-bond donors (Lipinski definition) is 9. The van der Waals surface area contributed by atoms with Crippen LogP contribution in [0.1, 0.15) is 40.3 Å². The SMILES string of the molecule is C=C1OC(C)=C(COP(=O)(COCCn2cnc3c(=O)[nH]c(N)nc32)OCc2ccccc2)O1.C=C1OC(CO)=C(COP(=O)(COCCn2cnc3c(=O)[nH]c(N)nc32)OCc2ccccc2)O1.C=C1OC=C(COP(=O)(COCCn2cnc3c(=O)[nH]c(N)nc32)OCc2ccccc2)O1.Cc1ccc(OC(=O)OCOP(=O)(COCCn2cnc3c(=O)[nH]c(N)nc32)OCc2ccc(C)c(F)c2)cc1. The van der Waals surface area contributed by atoms with Crippen LogP contribution in [-0.4, -0.2) is 174 Å². The van der Waals surface area contributed by atoms with E-state index in [0.29, 0.717) is 45.3 Å². The smallest absolute Gasteiger partial charge is 0.431 e. The first kappa shape index (κ1) is 105. The quantitative estimate of drug-likeness (QED) is 0.00562. The Hall–Kier alpha value is -14.5. The van der Waals surface area contributed by atoms with Gasteiger partial charge in [-0.15, -0.1) is 0 Å². The molecule has 0 fully saturated rings. The zero-order valence-electron chi connectivity index (χ0n) is 76.2. The van der Waals surface area contributed by atoms with Crippen molar-refractivity contribution in [3.63, 3.8) is 0 Å². The van der Waals surface area contributed by atoms with Crippen molar-refractivity contribution >= 4 is 105 Å². The van der Waals surface area contributed by atoms with Crippen LogP contribution in [0, 0.1) is 19.7 Å². The number of hydrogen-bond acceptors (Lipinski definition) is 42. The minimum Gasteiger partial charge on any atom is -0.431 e. The van der Waals surface area contributed by atoms with Crippen LogP contribution in [0.15, 0.2) is 251 Å². The summed E-state index contributed by atoms with van der Waals surface area (Å²) >= 11 is 0. The van der Waals surface area contributed by atoms with Gasteiger partial charge in [0, 0.05) is 26.2 Å². The highest BCUT2D eigenvalue weighted by Gasteiger charge is 2.34. The van der Waals surface area contributed by atoms with Crippen LogP contribution < -0.4 is 49.9 Å². The molecule has 5 aromatic carbocycles. The van der Waals surface area contributed by atoms with Crippen molar-refractivity contribution in [2.75, 3.05) is 108 Å². The maximum absolute atomic E-state index is 13.9. The number of aromatic nitrogens is 16. The van der Waals surface area contributed by atoms with Gasteiger partial charge in [0.2, 0.25) is 30.6 Å². The molecule has 0 saturated heterocycles. The highest BCUT2D eigenvalue weighted by atomic mass is 31.2. The maximum Gasteiger partial charge on any atom is 0.515 e. The first-order chi connectivity index (χ1) is 68.2. The summed E-state index contributed by atoms with van der Waals surface area (Å²) in [5, 5.41) is 9.38. The highest BCUT2D eigenvalue weighted by Crippen LogP contribution is 2.53. The highest BCUT2D eigenvalue weighted by molar-refractivity contribution is 7.54. The molecule has 142 heavy (non-hydrogen) atoms. The molecular weight excluding hydrogens is 1950 g/mol. The summed E-state index contributed by atoms with van der Waals surface area (Å²) in [7, 11) is -15.2. The van der Waals surface area contributed by atoms with Gasteiger partial charge in [0.25, 0.3) is 40.1 Å². The third-order valence-corrected chi connectivity index (χ3v) is 25.7. The van der Waals surface area contributed by atoms with Crippen LogP contribution in [0.2, 0.25) is 0 Å². The summed E-state index contributed by atoms with van der Waals surface area (Å²) in [6, 6.07) is 38.8. The second-order valence-corrected chi connectivity index (χ2v) is 38.1. The monoisotopic (exact) mass is 2040 g/mol. The number of carbonyl (C=O) groups is 1. The van der Waals surface area contributed by atoms with Crippen molar-refractivity contribution < 1.29 is 126 Å². The van der Waals surface area contributed by atoms with Gasteiger partial charge in [0.15, 0.2) is 67.7 Å². The molecule has 55 heteroatoms. The van der Waals surface area contributed by atoms with Crippen LogP contribution in [0.25, 0.3) is 44.7 Å². The van der Waals surface area contributed by atoms with Crippen molar-refractivity contribution in [3.8, 4) is 5.75 Å². The summed E-state index contributed by atoms with van der Waals surface area (Å²) in [5.74, 6) is 1.25. The molecule has 0 spiro atoms. The largest absolute Gasteiger partial charge is 0.515 e. The van der Waals surface area contributed by atoms with Gasteiger partial charge in [-0.1, -0.05) is 121 Å². The van der Waals surface area contributed by atoms with Crippen LogP contribution >= 0.6 is 30.4 Å². The number of nitrogens with two attached hydrogens (primary N) is 4. The van der Waals surface area contributed by atoms with E-state index in [2.05, 4.69) is 79.5 Å². The van der Waals surface area contributed by atoms with Gasteiger partial charge in [-0.3, -0.25) is 75.5 Å². The van der Waals surface area contributed by atoms with Gasteiger partial charge in [0.1, 0.15) is 75.4 Å². The number of anilines is 4. The number of imidazole rings is 4. The van der Waals surface area contributed by atoms with Gasteiger partial charge in [-0.25, -0.2) is 29.1 Å². The molecule has 4 atom stereocenters. The minimum atomic E-state index is -4.02. The molecule has 0 bridgehead atoms. The van der Waals surface area contributed by atoms with Crippen LogP contribution in [0.4, 0.5) is 33.0 Å².